The molecule has 0 fully saturated rings. The van der Waals surface area contributed by atoms with Crippen LogP contribution in [0.3, 0.4) is 0 Å². The Morgan fingerprint density at radius 1 is 1.30 bits per heavy atom. The Balaban J connectivity index is 1.93. The molecule has 20 heavy (non-hydrogen) atoms. The lowest BCUT2D eigenvalue weighted by Gasteiger charge is -2.16. The normalized spacial score (nSPS) is 11.0. The highest BCUT2D eigenvalue weighted by atomic mass is 32.1. The van der Waals surface area contributed by atoms with E-state index < -0.39 is 0 Å². The molecule has 0 saturated carbocycles. The standard InChI is InChI=1S/C15H22N4S/c1-4-8-16-15-7-5-6-13(18-15)9-19(3)10-14-12(2)17-11-20-14/h5-7,11H,4,8-10H2,1-3H3,(H,16,18). The van der Waals surface area contributed by atoms with Crippen molar-refractivity contribution < 1.29 is 0 Å². The Morgan fingerprint density at radius 3 is 2.85 bits per heavy atom. The molecule has 4 nitrogen and oxygen atoms in total. The molecule has 0 bridgehead atoms. The van der Waals surface area contributed by atoms with Gasteiger partial charge in [-0.3, -0.25) is 4.90 Å². The summed E-state index contributed by atoms with van der Waals surface area (Å²) >= 11 is 1.72. The van der Waals surface area contributed by atoms with Gasteiger partial charge in [0.05, 0.1) is 16.9 Å². The van der Waals surface area contributed by atoms with Gasteiger partial charge in [0.1, 0.15) is 5.82 Å². The summed E-state index contributed by atoms with van der Waals surface area (Å²) in [6, 6.07) is 6.16. The average molecular weight is 290 g/mol. The molecule has 0 aliphatic heterocycles. The Labute approximate surface area is 124 Å². The van der Waals surface area contributed by atoms with E-state index in [9.17, 15) is 0 Å². The van der Waals surface area contributed by atoms with Crippen molar-refractivity contribution in [1.82, 2.24) is 14.9 Å². The summed E-state index contributed by atoms with van der Waals surface area (Å²) in [6.07, 6.45) is 1.11. The summed E-state index contributed by atoms with van der Waals surface area (Å²) < 4.78 is 0. The fourth-order valence-electron chi connectivity index (χ4n) is 1.97. The van der Waals surface area contributed by atoms with Crippen LogP contribution in [0.15, 0.2) is 23.7 Å². The summed E-state index contributed by atoms with van der Waals surface area (Å²) in [5.74, 6) is 0.965. The average Bonchev–Trinajstić information content (AvgIpc) is 2.82. The molecule has 2 heterocycles. The van der Waals surface area contributed by atoms with Crippen molar-refractivity contribution in [2.45, 2.75) is 33.4 Å². The number of hydrogen-bond donors (Lipinski definition) is 1. The molecule has 0 aliphatic carbocycles. The maximum atomic E-state index is 4.64. The van der Waals surface area contributed by atoms with Gasteiger partial charge in [0.2, 0.25) is 0 Å². The smallest absolute Gasteiger partial charge is 0.126 e. The van der Waals surface area contributed by atoms with Gasteiger partial charge in [0, 0.05) is 24.5 Å². The first kappa shape index (κ1) is 14.9. The van der Waals surface area contributed by atoms with E-state index in [0.29, 0.717) is 0 Å². The largest absolute Gasteiger partial charge is 0.370 e. The third-order valence-electron chi connectivity index (χ3n) is 3.05. The molecule has 0 spiro atoms. The predicted molar refractivity (Wildman–Crippen MR) is 85.0 cm³/mol. The van der Waals surface area contributed by atoms with E-state index in [1.54, 1.807) is 11.3 Å². The second-order valence-electron chi connectivity index (χ2n) is 4.97. The van der Waals surface area contributed by atoms with E-state index in [1.807, 2.05) is 11.6 Å². The summed E-state index contributed by atoms with van der Waals surface area (Å²) in [5.41, 5.74) is 4.13. The fourth-order valence-corrected chi connectivity index (χ4v) is 2.83. The first-order chi connectivity index (χ1) is 9.69. The number of aryl methyl sites for hydroxylation is 1. The quantitative estimate of drug-likeness (QED) is 0.849. The minimum atomic E-state index is 0.846. The maximum absolute atomic E-state index is 4.64. The molecule has 108 valence electrons. The van der Waals surface area contributed by atoms with Crippen LogP contribution in [0.25, 0.3) is 0 Å². The van der Waals surface area contributed by atoms with E-state index in [2.05, 4.69) is 53.2 Å². The molecular weight excluding hydrogens is 268 g/mol. The molecule has 1 N–H and O–H groups in total. The summed E-state index contributed by atoms with van der Waals surface area (Å²) in [5, 5.41) is 3.33. The molecule has 0 aromatic carbocycles. The van der Waals surface area contributed by atoms with E-state index >= 15 is 0 Å². The zero-order valence-electron chi connectivity index (χ0n) is 12.4. The van der Waals surface area contributed by atoms with Crippen molar-refractivity contribution in [2.24, 2.45) is 0 Å². The van der Waals surface area contributed by atoms with Crippen LogP contribution in [-0.4, -0.2) is 28.5 Å². The van der Waals surface area contributed by atoms with Crippen LogP contribution >= 0.6 is 11.3 Å². The number of thiazole rings is 1. The van der Waals surface area contributed by atoms with Gasteiger partial charge in [0.15, 0.2) is 0 Å². The SMILES string of the molecule is CCCNc1cccc(CN(C)Cc2scnc2C)n1. The van der Waals surface area contributed by atoms with Gasteiger partial charge in [-0.05, 0) is 32.5 Å². The van der Waals surface area contributed by atoms with E-state index in [-0.39, 0.29) is 0 Å². The predicted octanol–water partition coefficient (Wildman–Crippen LogP) is 3.30. The number of rotatable bonds is 7. The molecule has 2 aromatic heterocycles. The molecule has 0 unspecified atom stereocenters. The number of anilines is 1. The van der Waals surface area contributed by atoms with Crippen LogP contribution in [0.1, 0.15) is 29.6 Å². The van der Waals surface area contributed by atoms with Crippen molar-refractivity contribution in [1.29, 1.82) is 0 Å². The van der Waals surface area contributed by atoms with Crippen LogP contribution in [0.4, 0.5) is 5.82 Å². The van der Waals surface area contributed by atoms with Crippen LogP contribution in [0.5, 0.6) is 0 Å². The Bertz CT molecular complexity index is 538. The lowest BCUT2D eigenvalue weighted by atomic mass is 10.3. The lowest BCUT2D eigenvalue weighted by molar-refractivity contribution is 0.317. The molecule has 2 aromatic rings. The number of aromatic nitrogens is 2. The second-order valence-corrected chi connectivity index (χ2v) is 5.91. The summed E-state index contributed by atoms with van der Waals surface area (Å²) in [4.78, 5) is 12.5. The second kappa shape index (κ2) is 7.36. The first-order valence-electron chi connectivity index (χ1n) is 6.96. The van der Waals surface area contributed by atoms with Crippen molar-refractivity contribution in [3.05, 3.63) is 40.0 Å². The number of nitrogens with one attached hydrogen (secondary N) is 1. The van der Waals surface area contributed by atoms with Gasteiger partial charge in [-0.1, -0.05) is 13.0 Å². The van der Waals surface area contributed by atoms with Crippen molar-refractivity contribution >= 4 is 17.2 Å². The fraction of sp³-hybridized carbons (Fsp3) is 0.467. The third-order valence-corrected chi connectivity index (χ3v) is 3.97. The number of pyridine rings is 1. The van der Waals surface area contributed by atoms with Crippen molar-refractivity contribution in [3.8, 4) is 0 Å². The summed E-state index contributed by atoms with van der Waals surface area (Å²) in [6.45, 7) is 6.95. The Kier molecular flexibility index (Phi) is 5.49. The first-order valence-corrected chi connectivity index (χ1v) is 7.84. The Hall–Kier alpha value is -1.46. The number of hydrogen-bond acceptors (Lipinski definition) is 5. The number of nitrogens with zero attached hydrogens (tertiary/aromatic N) is 3. The molecule has 0 amide bonds. The van der Waals surface area contributed by atoms with Gasteiger partial charge in [-0.25, -0.2) is 9.97 Å². The zero-order valence-corrected chi connectivity index (χ0v) is 13.2. The van der Waals surface area contributed by atoms with Crippen LogP contribution in [-0.2, 0) is 13.1 Å². The molecule has 0 saturated heterocycles. The lowest BCUT2D eigenvalue weighted by Crippen LogP contribution is -2.18. The van der Waals surface area contributed by atoms with E-state index in [1.165, 1.54) is 4.88 Å². The molecule has 2 rings (SSSR count). The Morgan fingerprint density at radius 2 is 2.15 bits per heavy atom. The molecule has 0 atom stereocenters. The van der Waals surface area contributed by atoms with E-state index in [0.717, 1.165) is 43.3 Å². The highest BCUT2D eigenvalue weighted by Crippen LogP contribution is 2.15. The van der Waals surface area contributed by atoms with Gasteiger partial charge in [-0.15, -0.1) is 11.3 Å². The van der Waals surface area contributed by atoms with Gasteiger partial charge >= 0.3 is 0 Å². The molecule has 0 radical (unpaired) electrons. The molecule has 0 aliphatic rings. The topological polar surface area (TPSA) is 41.0 Å². The third kappa shape index (κ3) is 4.28. The molecule has 5 heteroatoms. The zero-order chi connectivity index (χ0) is 14.4. The van der Waals surface area contributed by atoms with Gasteiger partial charge in [-0.2, -0.15) is 0 Å². The summed E-state index contributed by atoms with van der Waals surface area (Å²) in [7, 11) is 2.12. The van der Waals surface area contributed by atoms with Crippen molar-refractivity contribution in [2.75, 3.05) is 18.9 Å². The monoisotopic (exact) mass is 290 g/mol. The maximum Gasteiger partial charge on any atom is 0.126 e. The van der Waals surface area contributed by atoms with Gasteiger partial charge in [0.25, 0.3) is 0 Å². The highest BCUT2D eigenvalue weighted by molar-refractivity contribution is 7.09. The minimum absolute atomic E-state index is 0.846. The minimum Gasteiger partial charge on any atom is -0.370 e. The van der Waals surface area contributed by atoms with Crippen LogP contribution in [0.2, 0.25) is 0 Å². The van der Waals surface area contributed by atoms with Crippen LogP contribution in [0, 0.1) is 6.92 Å². The molecular formula is C15H22N4S. The van der Waals surface area contributed by atoms with Crippen LogP contribution < -0.4 is 5.32 Å². The highest BCUT2D eigenvalue weighted by Gasteiger charge is 2.07. The van der Waals surface area contributed by atoms with Crippen molar-refractivity contribution in [3.63, 3.8) is 0 Å². The van der Waals surface area contributed by atoms with E-state index in [4.69, 9.17) is 0 Å². The van der Waals surface area contributed by atoms with Gasteiger partial charge < -0.3 is 5.32 Å².